The van der Waals surface area contributed by atoms with Gasteiger partial charge in [0.1, 0.15) is 0 Å². The second kappa shape index (κ2) is 5.87. The Morgan fingerprint density at radius 2 is 1.24 bits per heavy atom. The van der Waals surface area contributed by atoms with E-state index in [9.17, 15) is 48.3 Å². The van der Waals surface area contributed by atoms with Crippen molar-refractivity contribution in [3.05, 3.63) is 11.8 Å². The van der Waals surface area contributed by atoms with E-state index in [1.165, 1.54) is 6.92 Å². The van der Waals surface area contributed by atoms with Gasteiger partial charge in [0.25, 0.3) is 0 Å². The zero-order chi connectivity index (χ0) is 17.3. The Morgan fingerprint density at radius 1 is 0.810 bits per heavy atom. The Hall–Kier alpha value is -1.23. The van der Waals surface area contributed by atoms with Gasteiger partial charge in [-0.05, 0) is 6.42 Å². The molecule has 0 heterocycles. The fourth-order valence-electron chi connectivity index (χ4n) is 0.891. The summed E-state index contributed by atoms with van der Waals surface area (Å²) in [5.74, 6) is -25.2. The number of alkyl halides is 9. The smallest absolute Gasteiger partial charge is 0.460 e. The summed E-state index contributed by atoms with van der Waals surface area (Å²) in [6.45, 7) is 0.465. The van der Waals surface area contributed by atoms with E-state index in [2.05, 4.69) is 4.74 Å². The molecule has 0 aliphatic heterocycles. The van der Waals surface area contributed by atoms with Crippen LogP contribution in [0.25, 0.3) is 0 Å². The van der Waals surface area contributed by atoms with E-state index in [0.29, 0.717) is 0 Å². The van der Waals surface area contributed by atoms with Gasteiger partial charge < -0.3 is 4.74 Å². The van der Waals surface area contributed by atoms with Crippen molar-refractivity contribution >= 4 is 0 Å². The quantitative estimate of drug-likeness (QED) is 0.489. The molecule has 126 valence electrons. The highest BCUT2D eigenvalue weighted by Gasteiger charge is 2.83. The SMILES string of the molecule is CCCOC(F)=C(F)C(F)(F)C(F)(F)C(F)(F)C(F)(F)F. The maximum atomic E-state index is 12.8. The van der Waals surface area contributed by atoms with E-state index in [0.717, 1.165) is 0 Å². The molecule has 0 aromatic heterocycles. The molecule has 0 bridgehead atoms. The Kier molecular flexibility index (Phi) is 5.53. The predicted molar refractivity (Wildman–Crippen MR) is 46.4 cm³/mol. The minimum absolute atomic E-state index is 0.110. The maximum absolute atomic E-state index is 12.8. The number of halogens is 11. The van der Waals surface area contributed by atoms with Gasteiger partial charge in [0.2, 0.25) is 5.83 Å². The summed E-state index contributed by atoms with van der Waals surface area (Å²) in [6, 6.07) is -3.00. The van der Waals surface area contributed by atoms with Crippen LogP contribution in [0.4, 0.5) is 48.3 Å². The molecule has 0 aliphatic carbocycles. The third-order valence-electron chi connectivity index (χ3n) is 2.03. The molecule has 0 fully saturated rings. The lowest BCUT2D eigenvalue weighted by atomic mass is 10.0. The third-order valence-corrected chi connectivity index (χ3v) is 2.03. The Morgan fingerprint density at radius 3 is 1.57 bits per heavy atom. The number of hydrogen-bond acceptors (Lipinski definition) is 1. The van der Waals surface area contributed by atoms with Crippen LogP contribution < -0.4 is 0 Å². The summed E-state index contributed by atoms with van der Waals surface area (Å²) in [4.78, 5) is 0. The van der Waals surface area contributed by atoms with Crippen LogP contribution in [0.5, 0.6) is 0 Å². The van der Waals surface area contributed by atoms with Gasteiger partial charge in [0.15, 0.2) is 0 Å². The van der Waals surface area contributed by atoms with Crippen molar-refractivity contribution in [2.24, 2.45) is 0 Å². The summed E-state index contributed by atoms with van der Waals surface area (Å²) >= 11 is 0. The summed E-state index contributed by atoms with van der Waals surface area (Å²) in [5, 5.41) is 0. The molecular weight excluding hydrogens is 333 g/mol. The van der Waals surface area contributed by atoms with Crippen LogP contribution in [-0.2, 0) is 4.74 Å². The van der Waals surface area contributed by atoms with Gasteiger partial charge >= 0.3 is 30.0 Å². The fourth-order valence-corrected chi connectivity index (χ4v) is 0.891. The van der Waals surface area contributed by atoms with Crippen LogP contribution in [0.15, 0.2) is 11.8 Å². The second-order valence-electron chi connectivity index (χ2n) is 3.66. The topological polar surface area (TPSA) is 9.23 Å². The second-order valence-corrected chi connectivity index (χ2v) is 3.66. The van der Waals surface area contributed by atoms with Gasteiger partial charge in [-0.2, -0.15) is 48.3 Å². The molecule has 0 rings (SSSR count). The average molecular weight is 340 g/mol. The first-order chi connectivity index (χ1) is 9.14. The zero-order valence-corrected chi connectivity index (χ0v) is 9.98. The maximum Gasteiger partial charge on any atom is 0.460 e. The van der Waals surface area contributed by atoms with Crippen molar-refractivity contribution in [3.8, 4) is 0 Å². The molecule has 0 amide bonds. The zero-order valence-electron chi connectivity index (χ0n) is 9.98. The summed E-state index contributed by atoms with van der Waals surface area (Å²) in [6.07, 6.45) is -7.22. The van der Waals surface area contributed by atoms with E-state index in [1.54, 1.807) is 0 Å². The largest absolute Gasteiger partial charge is 0.469 e. The van der Waals surface area contributed by atoms with Gasteiger partial charge in [-0.15, -0.1) is 0 Å². The minimum Gasteiger partial charge on any atom is -0.469 e. The highest BCUT2D eigenvalue weighted by atomic mass is 19.4. The molecule has 0 saturated carbocycles. The summed E-state index contributed by atoms with van der Waals surface area (Å²) < 4.78 is 140. The van der Waals surface area contributed by atoms with Gasteiger partial charge in [-0.25, -0.2) is 0 Å². The number of ether oxygens (including phenoxy) is 1. The van der Waals surface area contributed by atoms with Crippen LogP contribution in [0.3, 0.4) is 0 Å². The van der Waals surface area contributed by atoms with Crippen molar-refractivity contribution in [1.29, 1.82) is 0 Å². The van der Waals surface area contributed by atoms with Gasteiger partial charge in [-0.1, -0.05) is 6.92 Å². The van der Waals surface area contributed by atoms with Crippen molar-refractivity contribution < 1.29 is 53.0 Å². The average Bonchev–Trinajstić information content (AvgIpc) is 2.32. The molecule has 21 heavy (non-hydrogen) atoms. The third kappa shape index (κ3) is 3.34. The van der Waals surface area contributed by atoms with Gasteiger partial charge in [0, 0.05) is 0 Å². The van der Waals surface area contributed by atoms with E-state index in [-0.39, 0.29) is 6.42 Å². The molecule has 1 nitrogen and oxygen atoms in total. The molecule has 0 saturated heterocycles. The van der Waals surface area contributed by atoms with E-state index in [4.69, 9.17) is 0 Å². The lowest BCUT2D eigenvalue weighted by molar-refractivity contribution is -0.392. The van der Waals surface area contributed by atoms with Crippen molar-refractivity contribution in [3.63, 3.8) is 0 Å². The fraction of sp³-hybridized carbons (Fsp3) is 0.778. The Balaban J connectivity index is 5.78. The first-order valence-electron chi connectivity index (χ1n) is 5.03. The molecule has 0 atom stereocenters. The van der Waals surface area contributed by atoms with Crippen LogP contribution in [0, 0.1) is 0 Å². The molecule has 0 aromatic carbocycles. The van der Waals surface area contributed by atoms with Gasteiger partial charge in [-0.3, -0.25) is 0 Å². The predicted octanol–water partition coefficient (Wildman–Crippen LogP) is 4.99. The molecular formula is C9H7F11O. The summed E-state index contributed by atoms with van der Waals surface area (Å²) in [5.41, 5.74) is 0. The lowest BCUT2D eigenvalue weighted by Gasteiger charge is -2.32. The highest BCUT2D eigenvalue weighted by Crippen LogP contribution is 2.55. The monoisotopic (exact) mass is 340 g/mol. The van der Waals surface area contributed by atoms with Gasteiger partial charge in [0.05, 0.1) is 6.61 Å². The number of allylic oxidation sites excluding steroid dienone is 1. The molecule has 0 aromatic rings. The molecule has 0 N–H and O–H groups in total. The number of hydrogen-bond donors (Lipinski definition) is 0. The molecule has 0 spiro atoms. The standard InChI is InChI=1S/C9H7F11O/c1-2-3-21-5(11)4(10)6(12,13)7(14,15)8(16,17)9(18,19)20/h2-3H2,1H3. The molecule has 0 radical (unpaired) electrons. The Bertz CT molecular complexity index is 395. The lowest BCUT2D eigenvalue weighted by Crippen LogP contribution is -2.61. The van der Waals surface area contributed by atoms with E-state index in [1.807, 2.05) is 0 Å². The van der Waals surface area contributed by atoms with Crippen molar-refractivity contribution in [2.45, 2.75) is 37.3 Å². The number of rotatable bonds is 6. The molecule has 0 unspecified atom stereocenters. The molecule has 12 heteroatoms. The van der Waals surface area contributed by atoms with E-state index < -0.39 is 42.4 Å². The first kappa shape index (κ1) is 19.8. The van der Waals surface area contributed by atoms with Crippen molar-refractivity contribution in [1.82, 2.24) is 0 Å². The minimum atomic E-state index is -7.30. The molecule has 0 aliphatic rings. The van der Waals surface area contributed by atoms with Crippen LogP contribution in [-0.4, -0.2) is 30.6 Å². The highest BCUT2D eigenvalue weighted by molar-refractivity contribution is 5.16. The van der Waals surface area contributed by atoms with Crippen LogP contribution in [0.1, 0.15) is 13.3 Å². The van der Waals surface area contributed by atoms with Crippen molar-refractivity contribution in [2.75, 3.05) is 6.61 Å². The first-order valence-corrected chi connectivity index (χ1v) is 5.03. The van der Waals surface area contributed by atoms with Crippen LogP contribution >= 0.6 is 0 Å². The van der Waals surface area contributed by atoms with E-state index >= 15 is 0 Å². The Labute approximate surface area is 110 Å². The van der Waals surface area contributed by atoms with Crippen LogP contribution in [0.2, 0.25) is 0 Å². The summed E-state index contributed by atoms with van der Waals surface area (Å²) in [7, 11) is 0. The normalized spacial score (nSPS) is 15.8.